The van der Waals surface area contributed by atoms with Gasteiger partial charge in [-0.05, 0) is 32.6 Å². The van der Waals surface area contributed by atoms with Crippen LogP contribution in [0.2, 0.25) is 0 Å². The molecule has 0 aromatic heterocycles. The number of carbonyl (C=O) groups is 1. The summed E-state index contributed by atoms with van der Waals surface area (Å²) in [5, 5.41) is 6.45. The van der Waals surface area contributed by atoms with E-state index in [1.807, 2.05) is 6.92 Å². The molecule has 3 atom stereocenters. The van der Waals surface area contributed by atoms with E-state index in [4.69, 9.17) is 4.74 Å². The van der Waals surface area contributed by atoms with Crippen LogP contribution in [-0.2, 0) is 9.53 Å². The summed E-state index contributed by atoms with van der Waals surface area (Å²) in [5.41, 5.74) is 0. The second kappa shape index (κ2) is 8.48. The fraction of sp³-hybridized carbons (Fsp3) is 0.929. The molecular weight excluding hydrogens is 228 g/mol. The highest BCUT2D eigenvalue weighted by Gasteiger charge is 2.20. The minimum atomic E-state index is 0.149. The molecule has 0 spiro atoms. The van der Waals surface area contributed by atoms with Crippen molar-refractivity contribution in [3.05, 3.63) is 0 Å². The van der Waals surface area contributed by atoms with Crippen LogP contribution in [0.15, 0.2) is 0 Å². The van der Waals surface area contributed by atoms with E-state index in [0.717, 1.165) is 38.8 Å². The molecule has 18 heavy (non-hydrogen) atoms. The highest BCUT2D eigenvalue weighted by Crippen LogP contribution is 2.16. The number of hydrogen-bond donors (Lipinski definition) is 2. The van der Waals surface area contributed by atoms with E-state index in [0.29, 0.717) is 18.6 Å². The molecule has 1 amide bonds. The van der Waals surface area contributed by atoms with E-state index < -0.39 is 0 Å². The zero-order valence-corrected chi connectivity index (χ0v) is 12.0. The minimum absolute atomic E-state index is 0.149. The first-order valence-electron chi connectivity index (χ1n) is 7.30. The molecule has 1 aliphatic heterocycles. The summed E-state index contributed by atoms with van der Waals surface area (Å²) < 4.78 is 5.63. The average molecular weight is 256 g/mol. The third-order valence-electron chi connectivity index (χ3n) is 3.63. The summed E-state index contributed by atoms with van der Waals surface area (Å²) in [6.45, 7) is 7.89. The minimum Gasteiger partial charge on any atom is -0.378 e. The highest BCUT2D eigenvalue weighted by atomic mass is 16.5. The van der Waals surface area contributed by atoms with Gasteiger partial charge in [-0.3, -0.25) is 4.79 Å². The smallest absolute Gasteiger partial charge is 0.221 e. The Bertz CT molecular complexity index is 246. The van der Waals surface area contributed by atoms with Crippen LogP contribution in [0.4, 0.5) is 0 Å². The van der Waals surface area contributed by atoms with Crippen LogP contribution < -0.4 is 10.6 Å². The third-order valence-corrected chi connectivity index (χ3v) is 3.63. The molecule has 0 aromatic rings. The van der Waals surface area contributed by atoms with Gasteiger partial charge in [-0.1, -0.05) is 13.8 Å². The molecule has 4 nitrogen and oxygen atoms in total. The third kappa shape index (κ3) is 5.83. The second-order valence-corrected chi connectivity index (χ2v) is 5.20. The number of ether oxygens (including phenoxy) is 1. The van der Waals surface area contributed by atoms with Gasteiger partial charge in [-0.2, -0.15) is 0 Å². The van der Waals surface area contributed by atoms with E-state index in [1.165, 1.54) is 0 Å². The van der Waals surface area contributed by atoms with Crippen LogP contribution >= 0.6 is 0 Å². The van der Waals surface area contributed by atoms with Crippen LogP contribution in [-0.4, -0.2) is 37.2 Å². The van der Waals surface area contributed by atoms with Gasteiger partial charge >= 0.3 is 0 Å². The molecule has 106 valence electrons. The lowest BCUT2D eigenvalue weighted by atomic mass is 10.0. The summed E-state index contributed by atoms with van der Waals surface area (Å²) in [6.07, 6.45) is 5.15. The molecule has 1 fully saturated rings. The van der Waals surface area contributed by atoms with Crippen molar-refractivity contribution in [2.24, 2.45) is 0 Å². The molecule has 1 heterocycles. The zero-order valence-electron chi connectivity index (χ0n) is 12.0. The topological polar surface area (TPSA) is 50.4 Å². The molecule has 1 saturated heterocycles. The first-order chi connectivity index (χ1) is 8.65. The van der Waals surface area contributed by atoms with E-state index in [1.54, 1.807) is 0 Å². The van der Waals surface area contributed by atoms with Crippen molar-refractivity contribution in [1.82, 2.24) is 10.6 Å². The van der Waals surface area contributed by atoms with E-state index in [-0.39, 0.29) is 11.9 Å². The van der Waals surface area contributed by atoms with E-state index in [2.05, 4.69) is 24.5 Å². The molecule has 0 radical (unpaired) electrons. The summed E-state index contributed by atoms with van der Waals surface area (Å²) in [4.78, 5) is 11.6. The number of nitrogens with one attached hydrogen (secondary N) is 2. The maximum Gasteiger partial charge on any atom is 0.221 e. The molecule has 2 N–H and O–H groups in total. The summed E-state index contributed by atoms with van der Waals surface area (Å²) >= 11 is 0. The Hall–Kier alpha value is -0.610. The summed E-state index contributed by atoms with van der Waals surface area (Å²) in [5.74, 6) is 0.149. The Balaban J connectivity index is 2.11. The van der Waals surface area contributed by atoms with Crippen LogP contribution in [0.5, 0.6) is 0 Å². The highest BCUT2D eigenvalue weighted by molar-refractivity contribution is 5.76. The fourth-order valence-corrected chi connectivity index (χ4v) is 2.19. The van der Waals surface area contributed by atoms with Gasteiger partial charge in [0.1, 0.15) is 0 Å². The normalized spacial score (nSPS) is 25.7. The molecule has 0 bridgehead atoms. The van der Waals surface area contributed by atoms with Gasteiger partial charge in [0.05, 0.1) is 6.10 Å². The Labute approximate surface area is 111 Å². The Kier molecular flexibility index (Phi) is 7.28. The average Bonchev–Trinajstić information content (AvgIpc) is 2.38. The quantitative estimate of drug-likeness (QED) is 0.731. The SMILES string of the molecule is CCC(C)NC(=O)CCNC1CCOC(CC)C1. The second-order valence-electron chi connectivity index (χ2n) is 5.20. The van der Waals surface area contributed by atoms with Crippen molar-refractivity contribution in [3.8, 4) is 0 Å². The van der Waals surface area contributed by atoms with Gasteiger partial charge in [0.15, 0.2) is 0 Å². The standard InChI is InChI=1S/C14H28N2O2/c1-4-11(3)16-14(17)6-8-15-12-7-9-18-13(5-2)10-12/h11-13,15H,4-10H2,1-3H3,(H,16,17). The van der Waals surface area contributed by atoms with Gasteiger partial charge in [0.2, 0.25) is 5.91 Å². The van der Waals surface area contributed by atoms with Crippen LogP contribution in [0.3, 0.4) is 0 Å². The Morgan fingerprint density at radius 3 is 2.89 bits per heavy atom. The van der Waals surface area contributed by atoms with Crippen LogP contribution in [0.25, 0.3) is 0 Å². The van der Waals surface area contributed by atoms with Crippen LogP contribution in [0, 0.1) is 0 Å². The van der Waals surface area contributed by atoms with Crippen molar-refractivity contribution in [1.29, 1.82) is 0 Å². The lowest BCUT2D eigenvalue weighted by molar-refractivity contribution is -0.121. The molecular formula is C14H28N2O2. The van der Waals surface area contributed by atoms with Gasteiger partial charge in [0, 0.05) is 31.7 Å². The molecule has 4 heteroatoms. The van der Waals surface area contributed by atoms with Crippen LogP contribution in [0.1, 0.15) is 52.9 Å². The van der Waals surface area contributed by atoms with Crippen molar-refractivity contribution in [2.75, 3.05) is 13.2 Å². The van der Waals surface area contributed by atoms with E-state index >= 15 is 0 Å². The zero-order chi connectivity index (χ0) is 13.4. The first kappa shape index (κ1) is 15.4. The summed E-state index contributed by atoms with van der Waals surface area (Å²) in [7, 11) is 0. The molecule has 0 aliphatic carbocycles. The molecule has 0 aromatic carbocycles. The maximum absolute atomic E-state index is 11.6. The van der Waals surface area contributed by atoms with Gasteiger partial charge < -0.3 is 15.4 Å². The van der Waals surface area contributed by atoms with Crippen molar-refractivity contribution < 1.29 is 9.53 Å². The molecule has 1 aliphatic rings. The van der Waals surface area contributed by atoms with Gasteiger partial charge in [0.25, 0.3) is 0 Å². The van der Waals surface area contributed by atoms with E-state index in [9.17, 15) is 4.79 Å². The Morgan fingerprint density at radius 1 is 1.44 bits per heavy atom. The number of amides is 1. The van der Waals surface area contributed by atoms with Crippen molar-refractivity contribution in [3.63, 3.8) is 0 Å². The lowest BCUT2D eigenvalue weighted by Gasteiger charge is -2.29. The fourth-order valence-electron chi connectivity index (χ4n) is 2.19. The van der Waals surface area contributed by atoms with Crippen molar-refractivity contribution >= 4 is 5.91 Å². The molecule has 0 saturated carbocycles. The van der Waals surface area contributed by atoms with Gasteiger partial charge in [-0.15, -0.1) is 0 Å². The first-order valence-corrected chi connectivity index (χ1v) is 7.30. The van der Waals surface area contributed by atoms with Crippen molar-refractivity contribution in [2.45, 2.75) is 71.1 Å². The Morgan fingerprint density at radius 2 is 2.22 bits per heavy atom. The number of carbonyl (C=O) groups excluding carboxylic acids is 1. The molecule has 3 unspecified atom stereocenters. The van der Waals surface area contributed by atoms with Gasteiger partial charge in [-0.25, -0.2) is 0 Å². The summed E-state index contributed by atoms with van der Waals surface area (Å²) in [6, 6.07) is 0.796. The largest absolute Gasteiger partial charge is 0.378 e. The predicted molar refractivity (Wildman–Crippen MR) is 73.6 cm³/mol. The lowest BCUT2D eigenvalue weighted by Crippen LogP contribution is -2.41. The number of hydrogen-bond acceptors (Lipinski definition) is 3. The predicted octanol–water partition coefficient (Wildman–Crippen LogP) is 1.84. The number of rotatable bonds is 7. The molecule has 1 rings (SSSR count). The monoisotopic (exact) mass is 256 g/mol. The maximum atomic E-state index is 11.6.